The first kappa shape index (κ1) is 27.5. The maximum absolute atomic E-state index is 6.82. The number of fused-ring (bicyclic) bond motifs is 7. The zero-order chi connectivity index (χ0) is 32.3. The Morgan fingerprint density at radius 2 is 1.08 bits per heavy atom. The van der Waals surface area contributed by atoms with Crippen LogP contribution in [-0.4, -0.2) is 4.98 Å². The fourth-order valence-corrected chi connectivity index (χ4v) is 7.19. The molecule has 0 fully saturated rings. The first-order valence-electron chi connectivity index (χ1n) is 16.5. The van der Waals surface area contributed by atoms with Crippen molar-refractivity contribution in [2.24, 2.45) is 0 Å². The van der Waals surface area contributed by atoms with Gasteiger partial charge in [-0.3, -0.25) is 0 Å². The van der Waals surface area contributed by atoms with Crippen molar-refractivity contribution in [3.63, 3.8) is 0 Å². The van der Waals surface area contributed by atoms with Gasteiger partial charge in [0, 0.05) is 27.4 Å². The van der Waals surface area contributed by atoms with Crippen LogP contribution in [0, 0.1) is 0 Å². The van der Waals surface area contributed by atoms with Crippen molar-refractivity contribution in [2.45, 2.75) is 0 Å². The van der Waals surface area contributed by atoms with Gasteiger partial charge < -0.3 is 13.7 Å². The van der Waals surface area contributed by atoms with Crippen LogP contribution in [0.1, 0.15) is 0 Å². The smallest absolute Gasteiger partial charge is 0.227 e. The van der Waals surface area contributed by atoms with Crippen LogP contribution in [0.25, 0.3) is 77.2 Å². The Labute approximate surface area is 282 Å². The van der Waals surface area contributed by atoms with E-state index in [1.54, 1.807) is 0 Å². The normalized spacial score (nSPS) is 11.7. The summed E-state index contributed by atoms with van der Waals surface area (Å²) in [5.74, 6) is 0.565. The van der Waals surface area contributed by atoms with Crippen LogP contribution in [-0.2, 0) is 0 Å². The summed E-state index contributed by atoms with van der Waals surface area (Å²) in [6.07, 6.45) is 0. The summed E-state index contributed by atoms with van der Waals surface area (Å²) in [4.78, 5) is 7.41. The molecule has 0 bridgehead atoms. The maximum Gasteiger partial charge on any atom is 0.227 e. The SMILES string of the molecule is c1ccc(-c2cccc(N(c3cc4ccccc4c4ccccc34)c3c4oc(-c5ccccc5)nc4cc4c3oc3ccccc34)c2)cc1. The summed E-state index contributed by atoms with van der Waals surface area (Å²) < 4.78 is 13.6. The van der Waals surface area contributed by atoms with Crippen LogP contribution >= 0.6 is 0 Å². The molecule has 8 aromatic carbocycles. The number of hydrogen-bond donors (Lipinski definition) is 0. The van der Waals surface area contributed by atoms with Gasteiger partial charge in [0.25, 0.3) is 0 Å². The highest BCUT2D eigenvalue weighted by Gasteiger charge is 2.28. The maximum atomic E-state index is 6.82. The lowest BCUT2D eigenvalue weighted by molar-refractivity contribution is 0.618. The highest BCUT2D eigenvalue weighted by atomic mass is 16.4. The van der Waals surface area contributed by atoms with Gasteiger partial charge in [-0.25, -0.2) is 4.98 Å². The molecule has 10 aromatic rings. The lowest BCUT2D eigenvalue weighted by Gasteiger charge is -2.28. The molecule has 49 heavy (non-hydrogen) atoms. The first-order valence-corrected chi connectivity index (χ1v) is 16.5. The van der Waals surface area contributed by atoms with Gasteiger partial charge in [0.15, 0.2) is 11.2 Å². The van der Waals surface area contributed by atoms with Crippen LogP contribution < -0.4 is 4.90 Å². The van der Waals surface area contributed by atoms with Gasteiger partial charge in [-0.15, -0.1) is 0 Å². The van der Waals surface area contributed by atoms with Gasteiger partial charge in [-0.2, -0.15) is 0 Å². The average Bonchev–Trinajstić information content (AvgIpc) is 3.77. The predicted molar refractivity (Wildman–Crippen MR) is 202 cm³/mol. The van der Waals surface area contributed by atoms with Crippen molar-refractivity contribution in [1.82, 2.24) is 4.98 Å². The largest absolute Gasteiger partial charge is 0.454 e. The summed E-state index contributed by atoms with van der Waals surface area (Å²) in [6, 6.07) is 59.1. The van der Waals surface area contributed by atoms with Gasteiger partial charge in [0.05, 0.1) is 5.69 Å². The minimum absolute atomic E-state index is 0.565. The summed E-state index contributed by atoms with van der Waals surface area (Å²) >= 11 is 0. The third-order valence-electron chi connectivity index (χ3n) is 9.44. The Hall–Kier alpha value is -6.65. The molecule has 0 unspecified atom stereocenters. The van der Waals surface area contributed by atoms with E-state index in [1.165, 1.54) is 10.8 Å². The zero-order valence-electron chi connectivity index (χ0n) is 26.4. The number of hydrogen-bond acceptors (Lipinski definition) is 4. The molecule has 0 amide bonds. The highest BCUT2D eigenvalue weighted by molar-refractivity contribution is 6.20. The van der Waals surface area contributed by atoms with Gasteiger partial charge in [-0.05, 0) is 69.8 Å². The second-order valence-electron chi connectivity index (χ2n) is 12.3. The van der Waals surface area contributed by atoms with Gasteiger partial charge in [0.2, 0.25) is 5.89 Å². The summed E-state index contributed by atoms with van der Waals surface area (Å²) in [5.41, 5.74) is 8.97. The molecule has 0 N–H and O–H groups in total. The summed E-state index contributed by atoms with van der Waals surface area (Å²) in [7, 11) is 0. The van der Waals surface area contributed by atoms with Crippen molar-refractivity contribution >= 4 is 71.6 Å². The van der Waals surface area contributed by atoms with Crippen molar-refractivity contribution in [2.75, 3.05) is 4.90 Å². The number of rotatable bonds is 5. The molecule has 0 atom stereocenters. The molecule has 230 valence electrons. The molecule has 0 saturated heterocycles. The van der Waals surface area contributed by atoms with E-state index in [9.17, 15) is 0 Å². The third-order valence-corrected chi connectivity index (χ3v) is 9.44. The van der Waals surface area contributed by atoms with E-state index in [2.05, 4.69) is 126 Å². The van der Waals surface area contributed by atoms with Crippen molar-refractivity contribution < 1.29 is 8.83 Å². The van der Waals surface area contributed by atoms with Crippen molar-refractivity contribution in [3.8, 4) is 22.6 Å². The Morgan fingerprint density at radius 3 is 1.90 bits per heavy atom. The molecular formula is C45H28N2O2. The molecule has 2 aromatic heterocycles. The number of furan rings is 1. The molecule has 10 rings (SSSR count). The lowest BCUT2D eigenvalue weighted by atomic mass is 9.98. The number of benzene rings is 8. The fourth-order valence-electron chi connectivity index (χ4n) is 7.19. The topological polar surface area (TPSA) is 42.4 Å². The standard InChI is InChI=1S/C45H28N2O2/c1-3-14-29(15-4-1)31-19-13-20-33(26-31)47(40-27-32-18-7-8-21-34(32)35-22-9-10-23-36(35)40)42-43-38(37-24-11-12-25-41(37)48-43)28-39-44(42)49-45(46-39)30-16-5-2-6-17-30/h1-28H. The monoisotopic (exact) mass is 628 g/mol. The molecule has 0 spiro atoms. The Morgan fingerprint density at radius 1 is 0.429 bits per heavy atom. The molecule has 0 aliphatic carbocycles. The molecular weight excluding hydrogens is 601 g/mol. The minimum atomic E-state index is 0.565. The Balaban J connectivity index is 1.37. The number of oxazole rings is 1. The van der Waals surface area contributed by atoms with Gasteiger partial charge >= 0.3 is 0 Å². The van der Waals surface area contributed by atoms with Crippen LogP contribution in [0.3, 0.4) is 0 Å². The van der Waals surface area contributed by atoms with Crippen molar-refractivity contribution in [1.29, 1.82) is 0 Å². The first-order chi connectivity index (χ1) is 24.3. The Kier molecular flexibility index (Phi) is 6.15. The van der Waals surface area contributed by atoms with Crippen LogP contribution in [0.15, 0.2) is 179 Å². The molecule has 4 nitrogen and oxygen atoms in total. The minimum Gasteiger partial charge on any atom is -0.454 e. The molecule has 0 aliphatic rings. The van der Waals surface area contributed by atoms with E-state index < -0.39 is 0 Å². The molecule has 2 heterocycles. The predicted octanol–water partition coefficient (Wildman–Crippen LogP) is 12.8. The number of para-hydroxylation sites is 1. The lowest BCUT2D eigenvalue weighted by Crippen LogP contribution is -2.11. The number of anilines is 3. The zero-order valence-corrected chi connectivity index (χ0v) is 26.4. The third kappa shape index (κ3) is 4.42. The van der Waals surface area contributed by atoms with E-state index in [-0.39, 0.29) is 0 Å². The second kappa shape index (κ2) is 11.0. The second-order valence-corrected chi connectivity index (χ2v) is 12.3. The fraction of sp³-hybridized carbons (Fsp3) is 0. The quantitative estimate of drug-likeness (QED) is 0.178. The summed E-state index contributed by atoms with van der Waals surface area (Å²) in [5, 5.41) is 6.67. The van der Waals surface area contributed by atoms with E-state index in [0.717, 1.165) is 72.0 Å². The van der Waals surface area contributed by atoms with Gasteiger partial charge in [0.1, 0.15) is 16.8 Å². The van der Waals surface area contributed by atoms with Crippen LogP contribution in [0.2, 0.25) is 0 Å². The highest BCUT2D eigenvalue weighted by Crippen LogP contribution is 2.50. The molecule has 4 heteroatoms. The van der Waals surface area contributed by atoms with E-state index in [1.807, 2.05) is 48.5 Å². The van der Waals surface area contributed by atoms with Crippen molar-refractivity contribution in [3.05, 3.63) is 170 Å². The molecule has 0 radical (unpaired) electrons. The average molecular weight is 629 g/mol. The Bertz CT molecular complexity index is 2830. The van der Waals surface area contributed by atoms with E-state index >= 15 is 0 Å². The van der Waals surface area contributed by atoms with Gasteiger partial charge in [-0.1, -0.05) is 127 Å². The van der Waals surface area contributed by atoms with Crippen LogP contribution in [0.5, 0.6) is 0 Å². The molecule has 0 saturated carbocycles. The number of nitrogens with zero attached hydrogens (tertiary/aromatic N) is 2. The summed E-state index contributed by atoms with van der Waals surface area (Å²) in [6.45, 7) is 0. The van der Waals surface area contributed by atoms with Crippen LogP contribution in [0.4, 0.5) is 17.1 Å². The van der Waals surface area contributed by atoms with E-state index in [0.29, 0.717) is 11.5 Å². The molecule has 0 aliphatic heterocycles. The number of aromatic nitrogens is 1. The van der Waals surface area contributed by atoms with E-state index in [4.69, 9.17) is 13.8 Å².